The number of carbonyl (C=O) groups is 1. The van der Waals surface area contributed by atoms with Crippen LogP contribution in [0.4, 0.5) is 8.78 Å². The van der Waals surface area contributed by atoms with Crippen molar-refractivity contribution in [1.82, 2.24) is 5.32 Å². The molecule has 3 rings (SSSR count). The smallest absolute Gasteiger partial charge is 0.207 e. The number of aryl methyl sites for hydroxylation is 1. The standard InChI is InChI=1S/C24H22F2N2O3S/c1-31-23-7-4-16(11-22(23)26)24-20(15-2-3-17(13-27)21(25)10-15)12-19(32-24)6-5-18(30)8-9-28-14-29/h2-4,7,10-12,14,18,30H,5-6,8-9H2,1H3,(H,28,29). The zero-order valence-electron chi connectivity index (χ0n) is 17.4. The van der Waals surface area contributed by atoms with E-state index in [4.69, 9.17) is 10.00 Å². The molecule has 0 saturated carbocycles. The third-order valence-corrected chi connectivity index (χ3v) is 6.27. The van der Waals surface area contributed by atoms with Gasteiger partial charge < -0.3 is 15.2 Å². The highest BCUT2D eigenvalue weighted by molar-refractivity contribution is 7.16. The van der Waals surface area contributed by atoms with E-state index in [9.17, 15) is 18.7 Å². The number of hydrogen-bond donors (Lipinski definition) is 2. The lowest BCUT2D eigenvalue weighted by atomic mass is 10.00. The first kappa shape index (κ1) is 23.4. The maximum atomic E-state index is 14.4. The predicted molar refractivity (Wildman–Crippen MR) is 119 cm³/mol. The van der Waals surface area contributed by atoms with Crippen molar-refractivity contribution >= 4 is 17.7 Å². The lowest BCUT2D eigenvalue weighted by Crippen LogP contribution is -2.19. The van der Waals surface area contributed by atoms with Crippen LogP contribution in [-0.2, 0) is 11.2 Å². The van der Waals surface area contributed by atoms with Crippen LogP contribution in [0.1, 0.15) is 23.3 Å². The van der Waals surface area contributed by atoms with Crippen LogP contribution in [0.2, 0.25) is 0 Å². The first-order valence-electron chi connectivity index (χ1n) is 9.98. The first-order chi connectivity index (χ1) is 15.5. The Kier molecular flexibility index (Phi) is 7.92. The third-order valence-electron chi connectivity index (χ3n) is 5.03. The summed E-state index contributed by atoms with van der Waals surface area (Å²) < 4.78 is 33.6. The van der Waals surface area contributed by atoms with Crippen molar-refractivity contribution < 1.29 is 23.4 Å². The van der Waals surface area contributed by atoms with E-state index in [0.29, 0.717) is 43.3 Å². The van der Waals surface area contributed by atoms with Crippen LogP contribution in [0.25, 0.3) is 21.6 Å². The number of nitrogens with zero attached hydrogens (tertiary/aromatic N) is 1. The number of amides is 1. The van der Waals surface area contributed by atoms with Crippen LogP contribution in [0.15, 0.2) is 42.5 Å². The molecule has 0 saturated heterocycles. The molecule has 1 aromatic heterocycles. The molecule has 1 amide bonds. The Morgan fingerprint density at radius 1 is 1.16 bits per heavy atom. The van der Waals surface area contributed by atoms with E-state index in [1.165, 1.54) is 42.7 Å². The quantitative estimate of drug-likeness (QED) is 0.343. The number of rotatable bonds is 10. The van der Waals surface area contributed by atoms with Gasteiger partial charge >= 0.3 is 0 Å². The fraction of sp³-hybridized carbons (Fsp3) is 0.250. The molecule has 0 aliphatic rings. The van der Waals surface area contributed by atoms with Crippen molar-refractivity contribution in [1.29, 1.82) is 5.26 Å². The summed E-state index contributed by atoms with van der Waals surface area (Å²) in [4.78, 5) is 12.0. The van der Waals surface area contributed by atoms with E-state index in [0.717, 1.165) is 15.3 Å². The molecule has 32 heavy (non-hydrogen) atoms. The van der Waals surface area contributed by atoms with Gasteiger partial charge in [-0.05, 0) is 66.8 Å². The molecule has 1 heterocycles. The second kappa shape index (κ2) is 10.8. The number of carbonyl (C=O) groups excluding carboxylic acids is 1. The van der Waals surface area contributed by atoms with Gasteiger partial charge in [-0.1, -0.05) is 6.07 Å². The Hall–Kier alpha value is -3.28. The number of halogens is 2. The van der Waals surface area contributed by atoms with Crippen LogP contribution in [-0.4, -0.2) is 31.3 Å². The van der Waals surface area contributed by atoms with Gasteiger partial charge in [0.1, 0.15) is 11.9 Å². The number of benzene rings is 2. The Bertz CT molecular complexity index is 1140. The molecular weight excluding hydrogens is 434 g/mol. The predicted octanol–water partition coefficient (Wildman–Crippen LogP) is 4.67. The van der Waals surface area contributed by atoms with Gasteiger partial charge in [0.05, 0.1) is 18.8 Å². The molecule has 166 valence electrons. The number of methoxy groups -OCH3 is 1. The second-order valence-corrected chi connectivity index (χ2v) is 8.30. The number of ether oxygens (including phenoxy) is 1. The Morgan fingerprint density at radius 3 is 2.56 bits per heavy atom. The normalized spacial score (nSPS) is 11.6. The Balaban J connectivity index is 1.95. The number of aliphatic hydroxyl groups is 1. The van der Waals surface area contributed by atoms with Crippen molar-refractivity contribution in [2.24, 2.45) is 0 Å². The molecule has 8 heteroatoms. The number of nitriles is 1. The van der Waals surface area contributed by atoms with E-state index in [-0.39, 0.29) is 11.3 Å². The van der Waals surface area contributed by atoms with Crippen LogP contribution in [0.5, 0.6) is 5.75 Å². The van der Waals surface area contributed by atoms with E-state index in [1.54, 1.807) is 12.1 Å². The van der Waals surface area contributed by atoms with E-state index >= 15 is 0 Å². The van der Waals surface area contributed by atoms with Gasteiger partial charge in [-0.15, -0.1) is 11.3 Å². The fourth-order valence-electron chi connectivity index (χ4n) is 3.34. The second-order valence-electron chi connectivity index (χ2n) is 7.16. The molecule has 5 nitrogen and oxygen atoms in total. The molecular formula is C24H22F2N2O3S. The average molecular weight is 457 g/mol. The number of hydrogen-bond acceptors (Lipinski definition) is 5. The maximum Gasteiger partial charge on any atom is 0.207 e. The minimum Gasteiger partial charge on any atom is -0.494 e. The minimum absolute atomic E-state index is 0.0479. The third kappa shape index (κ3) is 5.49. The molecule has 0 spiro atoms. The lowest BCUT2D eigenvalue weighted by molar-refractivity contribution is -0.109. The van der Waals surface area contributed by atoms with E-state index in [1.807, 2.05) is 12.1 Å². The molecule has 0 fully saturated rings. The Labute approximate surface area is 188 Å². The van der Waals surface area contributed by atoms with Crippen LogP contribution in [0, 0.1) is 23.0 Å². The van der Waals surface area contributed by atoms with Crippen LogP contribution >= 0.6 is 11.3 Å². The van der Waals surface area contributed by atoms with Gasteiger partial charge in [-0.2, -0.15) is 5.26 Å². The number of nitrogens with one attached hydrogen (secondary N) is 1. The summed E-state index contributed by atoms with van der Waals surface area (Å²) in [6.45, 7) is 0.390. The number of aliphatic hydroxyl groups excluding tert-OH is 1. The van der Waals surface area contributed by atoms with Crippen molar-refractivity contribution in [2.75, 3.05) is 13.7 Å². The number of thiophene rings is 1. The summed E-state index contributed by atoms with van der Waals surface area (Å²) in [5.74, 6) is -0.999. The van der Waals surface area contributed by atoms with Gasteiger partial charge in [0, 0.05) is 21.9 Å². The maximum absolute atomic E-state index is 14.4. The van der Waals surface area contributed by atoms with Crippen molar-refractivity contribution in [3.8, 4) is 33.4 Å². The highest BCUT2D eigenvalue weighted by Gasteiger charge is 2.17. The average Bonchev–Trinajstić information content (AvgIpc) is 3.22. The fourth-order valence-corrected chi connectivity index (χ4v) is 4.53. The first-order valence-corrected chi connectivity index (χ1v) is 10.8. The largest absolute Gasteiger partial charge is 0.494 e. The molecule has 2 N–H and O–H groups in total. The van der Waals surface area contributed by atoms with Gasteiger partial charge in [0.2, 0.25) is 6.41 Å². The molecule has 1 unspecified atom stereocenters. The molecule has 0 aliphatic heterocycles. The summed E-state index contributed by atoms with van der Waals surface area (Å²) in [7, 11) is 1.39. The molecule has 3 aromatic rings. The Morgan fingerprint density at radius 2 is 1.91 bits per heavy atom. The van der Waals surface area contributed by atoms with Gasteiger partial charge in [0.15, 0.2) is 11.6 Å². The lowest BCUT2D eigenvalue weighted by Gasteiger charge is -2.08. The monoisotopic (exact) mass is 456 g/mol. The van der Waals surface area contributed by atoms with Gasteiger partial charge in [-0.3, -0.25) is 4.79 Å². The van der Waals surface area contributed by atoms with Crippen molar-refractivity contribution in [2.45, 2.75) is 25.4 Å². The zero-order valence-corrected chi connectivity index (χ0v) is 18.2. The van der Waals surface area contributed by atoms with Crippen molar-refractivity contribution in [3.63, 3.8) is 0 Å². The van der Waals surface area contributed by atoms with E-state index < -0.39 is 17.7 Å². The molecule has 0 radical (unpaired) electrons. The molecule has 2 aromatic carbocycles. The summed E-state index contributed by atoms with van der Waals surface area (Å²) in [6.07, 6.45) is 1.50. The zero-order chi connectivity index (χ0) is 23.1. The van der Waals surface area contributed by atoms with Crippen LogP contribution in [0.3, 0.4) is 0 Å². The van der Waals surface area contributed by atoms with Gasteiger partial charge in [-0.25, -0.2) is 8.78 Å². The summed E-state index contributed by atoms with van der Waals surface area (Å²) in [5, 5.41) is 21.7. The SMILES string of the molecule is COc1ccc(-c2sc(CCC(O)CCNC=O)cc2-c2ccc(C#N)c(F)c2)cc1F. The molecule has 1 atom stereocenters. The summed E-state index contributed by atoms with van der Waals surface area (Å²) in [6, 6.07) is 12.7. The molecule has 0 aliphatic carbocycles. The highest BCUT2D eigenvalue weighted by atomic mass is 32.1. The summed E-state index contributed by atoms with van der Waals surface area (Å²) in [5.41, 5.74) is 1.87. The molecule has 0 bridgehead atoms. The van der Waals surface area contributed by atoms with Crippen molar-refractivity contribution in [3.05, 3.63) is 64.5 Å². The highest BCUT2D eigenvalue weighted by Crippen LogP contribution is 2.41. The topological polar surface area (TPSA) is 82.3 Å². The summed E-state index contributed by atoms with van der Waals surface area (Å²) >= 11 is 1.44. The van der Waals surface area contributed by atoms with Crippen LogP contribution < -0.4 is 10.1 Å². The van der Waals surface area contributed by atoms with Gasteiger partial charge in [0.25, 0.3) is 0 Å². The minimum atomic E-state index is -0.622. The van der Waals surface area contributed by atoms with E-state index in [2.05, 4.69) is 5.32 Å².